The summed E-state index contributed by atoms with van der Waals surface area (Å²) >= 11 is 0. The first kappa shape index (κ1) is 13.9. The number of benzene rings is 2. The lowest BCUT2D eigenvalue weighted by atomic mass is 10.2. The molecule has 5 nitrogen and oxygen atoms in total. The number of rotatable bonds is 3. The molecular weight excluding hydrogens is 278 g/mol. The van der Waals surface area contributed by atoms with E-state index in [2.05, 4.69) is 10.5 Å². The van der Waals surface area contributed by atoms with Crippen LogP contribution < -0.4 is 5.43 Å². The number of aromatic nitrogens is 1. The molecule has 2 N–H and O–H groups in total. The highest BCUT2D eigenvalue weighted by atomic mass is 16.3. The molecule has 5 heteroatoms. The van der Waals surface area contributed by atoms with Gasteiger partial charge in [0.15, 0.2) is 0 Å². The Morgan fingerprint density at radius 1 is 1.18 bits per heavy atom. The fraction of sp³-hybridized carbons (Fsp3) is 0.0588. The van der Waals surface area contributed by atoms with Crippen LogP contribution in [0.3, 0.4) is 0 Å². The molecule has 0 spiro atoms. The summed E-state index contributed by atoms with van der Waals surface area (Å²) in [4.78, 5) is 12.2. The Bertz CT molecular complexity index is 865. The Morgan fingerprint density at radius 2 is 1.91 bits per heavy atom. The van der Waals surface area contributed by atoms with Crippen LogP contribution in [0.15, 0.2) is 59.7 Å². The van der Waals surface area contributed by atoms with Crippen LogP contribution in [-0.2, 0) is 7.05 Å². The van der Waals surface area contributed by atoms with Crippen molar-refractivity contribution in [1.82, 2.24) is 9.99 Å². The van der Waals surface area contributed by atoms with Gasteiger partial charge < -0.3 is 9.67 Å². The maximum absolute atomic E-state index is 12.2. The number of hydrogen-bond acceptors (Lipinski definition) is 3. The molecular formula is C17H15N3O2. The van der Waals surface area contributed by atoms with Crippen LogP contribution in [0.5, 0.6) is 5.75 Å². The molecule has 0 saturated heterocycles. The second-order valence-corrected chi connectivity index (χ2v) is 4.91. The van der Waals surface area contributed by atoms with E-state index in [0.29, 0.717) is 11.3 Å². The fourth-order valence-electron chi connectivity index (χ4n) is 2.32. The van der Waals surface area contributed by atoms with E-state index in [1.54, 1.807) is 24.3 Å². The second-order valence-electron chi connectivity index (χ2n) is 4.91. The minimum absolute atomic E-state index is 0.116. The minimum Gasteiger partial charge on any atom is -0.507 e. The van der Waals surface area contributed by atoms with Crippen molar-refractivity contribution in [2.75, 3.05) is 0 Å². The van der Waals surface area contributed by atoms with E-state index < -0.39 is 0 Å². The summed E-state index contributed by atoms with van der Waals surface area (Å²) in [5.41, 5.74) is 4.52. The zero-order valence-electron chi connectivity index (χ0n) is 12.0. The van der Waals surface area contributed by atoms with Gasteiger partial charge in [-0.2, -0.15) is 5.10 Å². The molecule has 1 amide bonds. The summed E-state index contributed by atoms with van der Waals surface area (Å²) in [5, 5.41) is 14.5. The number of phenols is 1. The van der Waals surface area contributed by atoms with Crippen LogP contribution in [0, 0.1) is 0 Å². The van der Waals surface area contributed by atoms with Crippen LogP contribution in [0.25, 0.3) is 10.9 Å². The standard InChI is InChI=1S/C17H15N3O2/c1-20-14-8-4-2-6-12(14)10-15(20)17(22)19-18-11-13-7-3-5-9-16(13)21/h2-11,21H,1H3,(H,19,22)/b18-11+. The lowest BCUT2D eigenvalue weighted by Crippen LogP contribution is -2.20. The van der Waals surface area contributed by atoms with Crippen molar-refractivity contribution in [2.45, 2.75) is 0 Å². The molecule has 0 atom stereocenters. The normalized spacial score (nSPS) is 11.1. The zero-order valence-corrected chi connectivity index (χ0v) is 12.0. The van der Waals surface area contributed by atoms with Crippen molar-refractivity contribution in [1.29, 1.82) is 0 Å². The number of nitrogens with zero attached hydrogens (tertiary/aromatic N) is 2. The molecule has 22 heavy (non-hydrogen) atoms. The molecule has 1 aromatic heterocycles. The van der Waals surface area contributed by atoms with Crippen molar-refractivity contribution in [3.05, 3.63) is 65.9 Å². The van der Waals surface area contributed by atoms with Gasteiger partial charge in [0.25, 0.3) is 5.91 Å². The predicted octanol–water partition coefficient (Wildman–Crippen LogP) is 2.65. The van der Waals surface area contributed by atoms with E-state index in [0.717, 1.165) is 10.9 Å². The first-order valence-corrected chi connectivity index (χ1v) is 6.82. The van der Waals surface area contributed by atoms with Gasteiger partial charge in [0.2, 0.25) is 0 Å². The van der Waals surface area contributed by atoms with Gasteiger partial charge in [-0.3, -0.25) is 4.79 Å². The van der Waals surface area contributed by atoms with E-state index in [9.17, 15) is 9.90 Å². The number of aryl methyl sites for hydroxylation is 1. The van der Waals surface area contributed by atoms with Gasteiger partial charge in [-0.15, -0.1) is 0 Å². The predicted molar refractivity (Wildman–Crippen MR) is 86.1 cm³/mol. The molecule has 0 saturated carbocycles. The molecule has 0 unspecified atom stereocenters. The topological polar surface area (TPSA) is 66.6 Å². The second kappa shape index (κ2) is 5.73. The van der Waals surface area contributed by atoms with Crippen LogP contribution in [-0.4, -0.2) is 21.8 Å². The maximum atomic E-state index is 12.2. The quantitative estimate of drug-likeness (QED) is 0.576. The molecule has 0 radical (unpaired) electrons. The Balaban J connectivity index is 1.79. The molecule has 3 rings (SSSR count). The number of hydrazone groups is 1. The lowest BCUT2D eigenvalue weighted by Gasteiger charge is -2.02. The van der Waals surface area contributed by atoms with E-state index in [1.807, 2.05) is 41.9 Å². The molecule has 110 valence electrons. The zero-order chi connectivity index (χ0) is 15.5. The number of fused-ring (bicyclic) bond motifs is 1. The van der Waals surface area contributed by atoms with Crippen molar-refractivity contribution >= 4 is 23.0 Å². The first-order chi connectivity index (χ1) is 10.7. The van der Waals surface area contributed by atoms with Crippen molar-refractivity contribution in [3.63, 3.8) is 0 Å². The maximum Gasteiger partial charge on any atom is 0.287 e. The Morgan fingerprint density at radius 3 is 2.68 bits per heavy atom. The monoisotopic (exact) mass is 293 g/mol. The Labute approximate surface area is 127 Å². The molecule has 0 fully saturated rings. The van der Waals surface area contributed by atoms with E-state index in [1.165, 1.54) is 6.21 Å². The van der Waals surface area contributed by atoms with Crippen molar-refractivity contribution in [3.8, 4) is 5.75 Å². The van der Waals surface area contributed by atoms with Gasteiger partial charge in [-0.05, 0) is 24.3 Å². The van der Waals surface area contributed by atoms with Gasteiger partial charge >= 0.3 is 0 Å². The average molecular weight is 293 g/mol. The van der Waals surface area contributed by atoms with E-state index in [4.69, 9.17) is 0 Å². The summed E-state index contributed by atoms with van der Waals surface area (Å²) < 4.78 is 1.82. The van der Waals surface area contributed by atoms with Crippen LogP contribution in [0.1, 0.15) is 16.1 Å². The highest BCUT2D eigenvalue weighted by Crippen LogP contribution is 2.18. The molecule has 0 bridgehead atoms. The summed E-state index contributed by atoms with van der Waals surface area (Å²) in [7, 11) is 1.84. The van der Waals surface area contributed by atoms with Crippen LogP contribution in [0.4, 0.5) is 0 Å². The molecule has 0 aliphatic rings. The number of carbonyl (C=O) groups excluding carboxylic acids is 1. The largest absolute Gasteiger partial charge is 0.507 e. The van der Waals surface area contributed by atoms with Gasteiger partial charge in [-0.25, -0.2) is 5.43 Å². The number of nitrogens with one attached hydrogen (secondary N) is 1. The molecule has 3 aromatic rings. The minimum atomic E-state index is -0.301. The van der Waals surface area contributed by atoms with Crippen molar-refractivity contribution < 1.29 is 9.90 Å². The van der Waals surface area contributed by atoms with Gasteiger partial charge in [-0.1, -0.05) is 30.3 Å². The molecule has 0 aliphatic carbocycles. The van der Waals surface area contributed by atoms with Gasteiger partial charge in [0.05, 0.1) is 6.21 Å². The van der Waals surface area contributed by atoms with Gasteiger partial charge in [0, 0.05) is 23.5 Å². The number of hydrogen-bond donors (Lipinski definition) is 2. The number of amides is 1. The Hall–Kier alpha value is -3.08. The third kappa shape index (κ3) is 2.56. The van der Waals surface area contributed by atoms with E-state index >= 15 is 0 Å². The molecule has 1 heterocycles. The first-order valence-electron chi connectivity index (χ1n) is 6.82. The smallest absolute Gasteiger partial charge is 0.287 e. The number of carbonyl (C=O) groups is 1. The molecule has 2 aromatic carbocycles. The molecule has 0 aliphatic heterocycles. The third-order valence-electron chi connectivity index (χ3n) is 3.49. The summed E-state index contributed by atoms with van der Waals surface area (Å²) in [6, 6.07) is 16.4. The highest BCUT2D eigenvalue weighted by molar-refractivity contribution is 5.99. The highest BCUT2D eigenvalue weighted by Gasteiger charge is 2.12. The summed E-state index contributed by atoms with van der Waals surface area (Å²) in [6.07, 6.45) is 1.41. The average Bonchev–Trinajstić information content (AvgIpc) is 2.87. The summed E-state index contributed by atoms with van der Waals surface area (Å²) in [6.45, 7) is 0. The van der Waals surface area contributed by atoms with Gasteiger partial charge in [0.1, 0.15) is 11.4 Å². The lowest BCUT2D eigenvalue weighted by molar-refractivity contribution is 0.0947. The van der Waals surface area contributed by atoms with Crippen molar-refractivity contribution in [2.24, 2.45) is 12.1 Å². The Kier molecular flexibility index (Phi) is 3.62. The number of para-hydroxylation sites is 2. The van der Waals surface area contributed by atoms with Crippen LogP contribution in [0.2, 0.25) is 0 Å². The number of phenolic OH excluding ortho intramolecular Hbond substituents is 1. The van der Waals surface area contributed by atoms with Crippen LogP contribution >= 0.6 is 0 Å². The summed E-state index contributed by atoms with van der Waals surface area (Å²) in [5.74, 6) is -0.185. The fourth-order valence-corrected chi connectivity index (χ4v) is 2.32. The third-order valence-corrected chi connectivity index (χ3v) is 3.49. The number of aromatic hydroxyl groups is 1. The van der Waals surface area contributed by atoms with E-state index in [-0.39, 0.29) is 11.7 Å². The SMILES string of the molecule is Cn1c(C(=O)N/N=C/c2ccccc2O)cc2ccccc21.